The lowest BCUT2D eigenvalue weighted by Crippen LogP contribution is -2.35. The number of rotatable bonds is 5. The number of hydrogen-bond acceptors (Lipinski definition) is 3. The Hall–Kier alpha value is -0.290. The fourth-order valence-corrected chi connectivity index (χ4v) is 4.67. The molecule has 2 atom stereocenters. The average molecular weight is 336 g/mol. The molecule has 1 saturated heterocycles. The van der Waals surface area contributed by atoms with E-state index in [2.05, 4.69) is 11.8 Å². The Kier molecular flexibility index (Phi) is 5.00. The monoisotopic (exact) mass is 335 g/mol. The molecule has 0 amide bonds. The van der Waals surface area contributed by atoms with Crippen LogP contribution < -0.4 is 0 Å². The van der Waals surface area contributed by atoms with Gasteiger partial charge in [0.1, 0.15) is 0 Å². The Balaban J connectivity index is 2.16. The second kappa shape index (κ2) is 6.22. The maximum Gasteiger partial charge on any atom is 0.310 e. The van der Waals surface area contributed by atoms with Crippen LogP contribution in [0.5, 0.6) is 0 Å². The van der Waals surface area contributed by atoms with Crippen molar-refractivity contribution in [2.24, 2.45) is 5.41 Å². The highest BCUT2D eigenvalue weighted by atomic mass is 35.5. The van der Waals surface area contributed by atoms with Crippen LogP contribution in [0.1, 0.15) is 44.7 Å². The molecule has 1 aliphatic rings. The summed E-state index contributed by atoms with van der Waals surface area (Å²) in [7, 11) is 0. The van der Waals surface area contributed by atoms with Crippen LogP contribution in [0.15, 0.2) is 6.07 Å². The Morgan fingerprint density at radius 1 is 1.60 bits per heavy atom. The molecule has 6 heteroatoms. The number of likely N-dealkylation sites (tertiary alicyclic amines) is 1. The number of hydrogen-bond donors (Lipinski definition) is 1. The second-order valence-electron chi connectivity index (χ2n) is 5.51. The van der Waals surface area contributed by atoms with Gasteiger partial charge >= 0.3 is 5.97 Å². The van der Waals surface area contributed by atoms with Gasteiger partial charge in [0.15, 0.2) is 0 Å². The number of thiophene rings is 1. The molecule has 2 rings (SSSR count). The quantitative estimate of drug-likeness (QED) is 0.848. The van der Waals surface area contributed by atoms with E-state index in [9.17, 15) is 9.90 Å². The van der Waals surface area contributed by atoms with Crippen molar-refractivity contribution in [1.29, 1.82) is 0 Å². The Morgan fingerprint density at radius 2 is 2.30 bits per heavy atom. The van der Waals surface area contributed by atoms with Crippen LogP contribution in [0, 0.1) is 5.41 Å². The largest absolute Gasteiger partial charge is 0.481 e. The molecule has 112 valence electrons. The summed E-state index contributed by atoms with van der Waals surface area (Å²) in [6.07, 6.45) is 2.32. The van der Waals surface area contributed by atoms with Gasteiger partial charge in [-0.1, -0.05) is 36.5 Å². The first kappa shape index (κ1) is 16.1. The van der Waals surface area contributed by atoms with Crippen LogP contribution in [-0.4, -0.2) is 29.1 Å². The maximum atomic E-state index is 11.6. The highest BCUT2D eigenvalue weighted by Gasteiger charge is 2.45. The molecule has 3 nitrogen and oxygen atoms in total. The minimum Gasteiger partial charge on any atom is -0.481 e. The van der Waals surface area contributed by atoms with E-state index in [-0.39, 0.29) is 6.04 Å². The summed E-state index contributed by atoms with van der Waals surface area (Å²) in [6.45, 7) is 5.47. The van der Waals surface area contributed by atoms with E-state index < -0.39 is 11.4 Å². The van der Waals surface area contributed by atoms with Crippen molar-refractivity contribution >= 4 is 40.5 Å². The molecule has 1 aromatic heterocycles. The molecule has 2 heterocycles. The minimum absolute atomic E-state index is 0.101. The zero-order valence-corrected chi connectivity index (χ0v) is 14.0. The van der Waals surface area contributed by atoms with Crippen molar-refractivity contribution in [2.75, 3.05) is 13.1 Å². The molecule has 0 aliphatic carbocycles. The van der Waals surface area contributed by atoms with Crippen LogP contribution in [0.4, 0.5) is 0 Å². The Labute approximate surface area is 133 Å². The topological polar surface area (TPSA) is 40.5 Å². The van der Waals surface area contributed by atoms with Gasteiger partial charge in [0, 0.05) is 18.2 Å². The normalized spacial score (nSPS) is 25.0. The fourth-order valence-electron chi connectivity index (χ4n) is 3.03. The SMILES string of the molecule is CCCC1(C(=O)O)CCN(C(C)c2cc(Cl)sc2Cl)C1. The summed E-state index contributed by atoms with van der Waals surface area (Å²) in [5.74, 6) is -0.677. The Bertz CT molecular complexity index is 505. The van der Waals surface area contributed by atoms with Crippen LogP contribution >= 0.6 is 34.5 Å². The highest BCUT2D eigenvalue weighted by Crippen LogP contribution is 2.42. The van der Waals surface area contributed by atoms with E-state index in [0.29, 0.717) is 21.6 Å². The third kappa shape index (κ3) is 2.98. The van der Waals surface area contributed by atoms with Gasteiger partial charge in [-0.25, -0.2) is 0 Å². The van der Waals surface area contributed by atoms with Gasteiger partial charge in [0.2, 0.25) is 0 Å². The van der Waals surface area contributed by atoms with E-state index in [0.717, 1.165) is 24.9 Å². The van der Waals surface area contributed by atoms with E-state index in [4.69, 9.17) is 23.2 Å². The lowest BCUT2D eigenvalue weighted by molar-refractivity contribution is -0.148. The van der Waals surface area contributed by atoms with Crippen molar-refractivity contribution in [2.45, 2.75) is 39.2 Å². The summed E-state index contributed by atoms with van der Waals surface area (Å²) in [5.41, 5.74) is 0.398. The molecule has 0 bridgehead atoms. The molecule has 0 radical (unpaired) electrons. The molecule has 2 unspecified atom stereocenters. The molecule has 0 spiro atoms. The van der Waals surface area contributed by atoms with E-state index >= 15 is 0 Å². The maximum absolute atomic E-state index is 11.6. The number of nitrogens with zero attached hydrogens (tertiary/aromatic N) is 1. The zero-order valence-electron chi connectivity index (χ0n) is 11.7. The summed E-state index contributed by atoms with van der Waals surface area (Å²) in [5, 5.41) is 9.55. The number of carboxylic acids is 1. The van der Waals surface area contributed by atoms with Crippen molar-refractivity contribution in [1.82, 2.24) is 4.90 Å². The van der Waals surface area contributed by atoms with Gasteiger partial charge < -0.3 is 5.11 Å². The molecule has 1 N–H and O–H groups in total. The summed E-state index contributed by atoms with van der Waals surface area (Å²) < 4.78 is 1.37. The van der Waals surface area contributed by atoms with Crippen molar-refractivity contribution in [3.8, 4) is 0 Å². The van der Waals surface area contributed by atoms with Crippen molar-refractivity contribution in [3.63, 3.8) is 0 Å². The molecule has 0 aromatic carbocycles. The second-order valence-corrected chi connectivity index (χ2v) is 7.80. The standard InChI is InChI=1S/C14H19Cl2NO2S/c1-3-4-14(13(18)19)5-6-17(8-14)9(2)10-7-11(15)20-12(10)16/h7,9H,3-6,8H2,1-2H3,(H,18,19). The van der Waals surface area contributed by atoms with Crippen molar-refractivity contribution in [3.05, 3.63) is 20.3 Å². The molecule has 1 aliphatic heterocycles. The predicted octanol–water partition coefficient (Wildman–Crippen LogP) is 4.69. The van der Waals surface area contributed by atoms with E-state index in [1.165, 1.54) is 11.3 Å². The average Bonchev–Trinajstić information content (AvgIpc) is 2.94. The third-order valence-electron chi connectivity index (χ3n) is 4.25. The first-order valence-electron chi connectivity index (χ1n) is 6.82. The molecule has 1 fully saturated rings. The third-order valence-corrected chi connectivity index (χ3v) is 5.76. The summed E-state index contributed by atoms with van der Waals surface area (Å²) in [4.78, 5) is 13.8. The predicted molar refractivity (Wildman–Crippen MR) is 83.9 cm³/mol. The van der Waals surface area contributed by atoms with Gasteiger partial charge in [0.25, 0.3) is 0 Å². The van der Waals surface area contributed by atoms with Gasteiger partial charge in [-0.2, -0.15) is 0 Å². The first-order valence-corrected chi connectivity index (χ1v) is 8.39. The molecule has 1 aromatic rings. The first-order chi connectivity index (χ1) is 9.39. The van der Waals surface area contributed by atoms with E-state index in [1.807, 2.05) is 13.0 Å². The smallest absolute Gasteiger partial charge is 0.310 e. The molecule has 20 heavy (non-hydrogen) atoms. The minimum atomic E-state index is -0.677. The number of carboxylic acid groups (broad SMARTS) is 1. The van der Waals surface area contributed by atoms with Gasteiger partial charge in [-0.15, -0.1) is 11.3 Å². The van der Waals surface area contributed by atoms with Gasteiger partial charge in [-0.3, -0.25) is 9.69 Å². The highest BCUT2D eigenvalue weighted by molar-refractivity contribution is 7.20. The van der Waals surface area contributed by atoms with Crippen LogP contribution in [0.25, 0.3) is 0 Å². The zero-order chi connectivity index (χ0) is 14.9. The lowest BCUT2D eigenvalue weighted by atomic mass is 9.82. The van der Waals surface area contributed by atoms with Crippen LogP contribution in [0.3, 0.4) is 0 Å². The molecule has 0 saturated carbocycles. The number of aliphatic carboxylic acids is 1. The molecular formula is C14H19Cl2NO2S. The number of halogens is 2. The van der Waals surface area contributed by atoms with Gasteiger partial charge in [0.05, 0.1) is 14.1 Å². The fraction of sp³-hybridized carbons (Fsp3) is 0.643. The molecular weight excluding hydrogens is 317 g/mol. The van der Waals surface area contributed by atoms with Crippen LogP contribution in [0.2, 0.25) is 8.67 Å². The summed E-state index contributed by atoms with van der Waals surface area (Å²) >= 11 is 13.6. The Morgan fingerprint density at radius 3 is 2.80 bits per heavy atom. The van der Waals surface area contributed by atoms with E-state index in [1.54, 1.807) is 0 Å². The lowest BCUT2D eigenvalue weighted by Gasteiger charge is -2.28. The number of carbonyl (C=O) groups is 1. The summed E-state index contributed by atoms with van der Waals surface area (Å²) in [6, 6.07) is 1.99. The van der Waals surface area contributed by atoms with Crippen molar-refractivity contribution < 1.29 is 9.90 Å². The van der Waals surface area contributed by atoms with Crippen LogP contribution in [-0.2, 0) is 4.79 Å². The van der Waals surface area contributed by atoms with Gasteiger partial charge in [-0.05, 0) is 32.4 Å².